The fourth-order valence-electron chi connectivity index (χ4n) is 4.15. The van der Waals surface area contributed by atoms with Crippen LogP contribution >= 0.6 is 11.3 Å². The molecule has 122 valence electrons. The maximum atomic E-state index is 11.7. The van der Waals surface area contributed by atoms with E-state index in [1.165, 1.54) is 15.0 Å². The van der Waals surface area contributed by atoms with Crippen LogP contribution in [-0.2, 0) is 16.1 Å². The highest BCUT2D eigenvalue weighted by Gasteiger charge is 2.50. The van der Waals surface area contributed by atoms with E-state index in [2.05, 4.69) is 35.2 Å². The Balaban J connectivity index is 1.54. The smallest absolute Gasteiger partial charge is 0.308 e. The Morgan fingerprint density at radius 3 is 2.87 bits per heavy atom. The van der Waals surface area contributed by atoms with Crippen LogP contribution in [0.3, 0.4) is 0 Å². The van der Waals surface area contributed by atoms with Crippen molar-refractivity contribution in [1.82, 2.24) is 4.90 Å². The minimum absolute atomic E-state index is 0.0965. The number of nitrogens with zero attached hydrogens (tertiary/aromatic N) is 1. The normalized spacial score (nSPS) is 24.4. The molecule has 1 atom stereocenters. The molecule has 2 aliphatic rings. The number of benzene rings is 1. The van der Waals surface area contributed by atoms with Crippen molar-refractivity contribution in [3.05, 3.63) is 35.2 Å². The van der Waals surface area contributed by atoms with E-state index in [-0.39, 0.29) is 11.3 Å². The van der Waals surface area contributed by atoms with Crippen LogP contribution in [0.5, 0.6) is 0 Å². The molecular formula is C18H21NO3S. The summed E-state index contributed by atoms with van der Waals surface area (Å²) in [5.74, 6) is -0.911. The lowest BCUT2D eigenvalue weighted by molar-refractivity contribution is -0.146. The van der Waals surface area contributed by atoms with Gasteiger partial charge in [0, 0.05) is 47.8 Å². The molecule has 1 spiro atoms. The second kappa shape index (κ2) is 5.89. The first-order chi connectivity index (χ1) is 11.2. The summed E-state index contributed by atoms with van der Waals surface area (Å²) < 4.78 is 6.77. The van der Waals surface area contributed by atoms with Gasteiger partial charge in [-0.3, -0.25) is 9.69 Å². The van der Waals surface area contributed by atoms with E-state index < -0.39 is 5.97 Å². The molecule has 5 heteroatoms. The summed E-state index contributed by atoms with van der Waals surface area (Å²) >= 11 is 1.82. The molecule has 0 saturated carbocycles. The fraction of sp³-hybridized carbons (Fsp3) is 0.500. The van der Waals surface area contributed by atoms with E-state index in [4.69, 9.17) is 4.74 Å². The van der Waals surface area contributed by atoms with Gasteiger partial charge in [0.25, 0.3) is 0 Å². The topological polar surface area (TPSA) is 49.8 Å². The monoisotopic (exact) mass is 331 g/mol. The molecule has 0 aliphatic carbocycles. The third kappa shape index (κ3) is 2.77. The largest absolute Gasteiger partial charge is 0.481 e. The summed E-state index contributed by atoms with van der Waals surface area (Å²) in [6.45, 7) is 3.78. The number of rotatable bonds is 3. The Labute approximate surface area is 139 Å². The average Bonchev–Trinajstić information content (AvgIpc) is 3.09. The van der Waals surface area contributed by atoms with E-state index in [0.717, 1.165) is 25.9 Å². The molecule has 2 aliphatic heterocycles. The van der Waals surface area contributed by atoms with Crippen molar-refractivity contribution < 1.29 is 14.6 Å². The number of aliphatic carboxylic acids is 1. The number of hydrogen-bond acceptors (Lipinski definition) is 4. The Morgan fingerprint density at radius 1 is 1.35 bits per heavy atom. The number of hydrogen-bond donors (Lipinski definition) is 1. The first-order valence-corrected chi connectivity index (χ1v) is 8.98. The lowest BCUT2D eigenvalue weighted by Gasteiger charge is -2.36. The third-order valence-electron chi connectivity index (χ3n) is 5.36. The lowest BCUT2D eigenvalue weighted by Crippen LogP contribution is -2.40. The number of likely N-dealkylation sites (tertiary alicyclic amines) is 1. The average molecular weight is 331 g/mol. The Bertz CT molecular complexity index is 687. The summed E-state index contributed by atoms with van der Waals surface area (Å²) in [5.41, 5.74) is -0.0965. The van der Waals surface area contributed by atoms with E-state index in [9.17, 15) is 9.90 Å². The number of carbonyl (C=O) groups is 1. The van der Waals surface area contributed by atoms with Crippen LogP contribution in [0.25, 0.3) is 10.1 Å². The minimum Gasteiger partial charge on any atom is -0.481 e. The zero-order chi connectivity index (χ0) is 15.9. The van der Waals surface area contributed by atoms with Gasteiger partial charge in [0.2, 0.25) is 0 Å². The van der Waals surface area contributed by atoms with Crippen LogP contribution in [0, 0.1) is 11.3 Å². The maximum absolute atomic E-state index is 11.7. The number of carboxylic acids is 1. The van der Waals surface area contributed by atoms with Gasteiger partial charge in [0.15, 0.2) is 0 Å². The van der Waals surface area contributed by atoms with Crippen molar-refractivity contribution in [2.24, 2.45) is 11.3 Å². The molecule has 1 aromatic carbocycles. The quantitative estimate of drug-likeness (QED) is 0.938. The standard InChI is InChI=1S/C18H21NO3S/c20-17(21)15-11-19(12-18(15)5-7-22-8-6-18)10-14-9-13-3-1-2-4-16(13)23-14/h1-4,9,15H,5-8,10-12H2,(H,20,21). The van der Waals surface area contributed by atoms with Crippen LogP contribution in [-0.4, -0.2) is 42.3 Å². The molecule has 2 fully saturated rings. The van der Waals surface area contributed by atoms with Gasteiger partial charge in [-0.05, 0) is 30.4 Å². The van der Waals surface area contributed by atoms with Gasteiger partial charge in [-0.1, -0.05) is 18.2 Å². The van der Waals surface area contributed by atoms with Crippen LogP contribution in [0.15, 0.2) is 30.3 Å². The molecule has 0 amide bonds. The predicted octanol–water partition coefficient (Wildman–Crippen LogP) is 3.21. The first-order valence-electron chi connectivity index (χ1n) is 8.17. The molecule has 1 unspecified atom stereocenters. The van der Waals surface area contributed by atoms with Gasteiger partial charge >= 0.3 is 5.97 Å². The van der Waals surface area contributed by atoms with Gasteiger partial charge in [0.1, 0.15) is 0 Å². The predicted molar refractivity (Wildman–Crippen MR) is 90.7 cm³/mol. The van der Waals surface area contributed by atoms with Gasteiger partial charge < -0.3 is 9.84 Å². The Kier molecular flexibility index (Phi) is 3.87. The van der Waals surface area contributed by atoms with E-state index in [1.54, 1.807) is 0 Å². The fourth-order valence-corrected chi connectivity index (χ4v) is 5.26. The molecular weight excluding hydrogens is 310 g/mol. The summed E-state index contributed by atoms with van der Waals surface area (Å²) in [6.07, 6.45) is 1.74. The lowest BCUT2D eigenvalue weighted by atomic mass is 9.72. The first kappa shape index (κ1) is 15.1. The summed E-state index contributed by atoms with van der Waals surface area (Å²) in [7, 11) is 0. The summed E-state index contributed by atoms with van der Waals surface area (Å²) in [4.78, 5) is 15.4. The summed E-state index contributed by atoms with van der Waals surface area (Å²) in [6, 6.07) is 10.7. The number of thiophene rings is 1. The van der Waals surface area contributed by atoms with Gasteiger partial charge in [0.05, 0.1) is 5.92 Å². The highest BCUT2D eigenvalue weighted by atomic mass is 32.1. The number of carboxylic acid groups (broad SMARTS) is 1. The van der Waals surface area contributed by atoms with E-state index in [0.29, 0.717) is 19.8 Å². The molecule has 0 radical (unpaired) electrons. The SMILES string of the molecule is O=C(O)C1CN(Cc2cc3ccccc3s2)CC12CCOCC2. The van der Waals surface area contributed by atoms with Crippen molar-refractivity contribution in [2.45, 2.75) is 19.4 Å². The van der Waals surface area contributed by atoms with Crippen LogP contribution in [0.4, 0.5) is 0 Å². The van der Waals surface area contributed by atoms with Crippen LogP contribution in [0.2, 0.25) is 0 Å². The van der Waals surface area contributed by atoms with Crippen molar-refractivity contribution in [2.75, 3.05) is 26.3 Å². The summed E-state index contributed by atoms with van der Waals surface area (Å²) in [5, 5.41) is 10.9. The van der Waals surface area contributed by atoms with Gasteiger partial charge in [-0.15, -0.1) is 11.3 Å². The Hall–Kier alpha value is -1.43. The molecule has 4 nitrogen and oxygen atoms in total. The molecule has 2 aromatic rings. The zero-order valence-corrected chi connectivity index (χ0v) is 13.8. The van der Waals surface area contributed by atoms with Crippen molar-refractivity contribution in [3.8, 4) is 0 Å². The Morgan fingerprint density at radius 2 is 2.13 bits per heavy atom. The zero-order valence-electron chi connectivity index (χ0n) is 13.0. The highest BCUT2D eigenvalue weighted by Crippen LogP contribution is 2.45. The molecule has 3 heterocycles. The number of ether oxygens (including phenoxy) is 1. The van der Waals surface area contributed by atoms with E-state index >= 15 is 0 Å². The molecule has 23 heavy (non-hydrogen) atoms. The van der Waals surface area contributed by atoms with Crippen molar-refractivity contribution in [3.63, 3.8) is 0 Å². The highest BCUT2D eigenvalue weighted by molar-refractivity contribution is 7.19. The minimum atomic E-state index is -0.647. The van der Waals surface area contributed by atoms with Crippen molar-refractivity contribution in [1.29, 1.82) is 0 Å². The molecule has 0 bridgehead atoms. The van der Waals surface area contributed by atoms with Crippen LogP contribution < -0.4 is 0 Å². The molecule has 1 aromatic heterocycles. The van der Waals surface area contributed by atoms with Crippen LogP contribution in [0.1, 0.15) is 17.7 Å². The van der Waals surface area contributed by atoms with E-state index in [1.807, 2.05) is 11.3 Å². The number of fused-ring (bicyclic) bond motifs is 1. The van der Waals surface area contributed by atoms with Gasteiger partial charge in [-0.25, -0.2) is 0 Å². The second-order valence-corrected chi connectivity index (χ2v) is 7.95. The maximum Gasteiger partial charge on any atom is 0.308 e. The molecule has 1 N–H and O–H groups in total. The molecule has 4 rings (SSSR count). The van der Waals surface area contributed by atoms with Crippen molar-refractivity contribution >= 4 is 27.4 Å². The molecule has 2 saturated heterocycles. The van der Waals surface area contributed by atoms with Gasteiger partial charge in [-0.2, -0.15) is 0 Å². The third-order valence-corrected chi connectivity index (χ3v) is 6.46. The second-order valence-electron chi connectivity index (χ2n) is 6.79.